The minimum atomic E-state index is -3.68. The molecule has 0 heterocycles. The van der Waals surface area contributed by atoms with Crippen molar-refractivity contribution < 1.29 is 22.7 Å². The van der Waals surface area contributed by atoms with Crippen LogP contribution < -0.4 is 19.1 Å². The molecular weight excluding hydrogens is 416 g/mol. The van der Waals surface area contributed by atoms with Crippen LogP contribution in [0.25, 0.3) is 0 Å². The lowest BCUT2D eigenvalue weighted by atomic mass is 10.2. The molecule has 0 aromatic heterocycles. The molecule has 1 atom stereocenters. The Morgan fingerprint density at radius 2 is 1.62 bits per heavy atom. The minimum absolute atomic E-state index is 0.229. The Morgan fingerprint density at radius 1 is 1.07 bits per heavy atom. The first kappa shape index (κ1) is 22.8. The standard InChI is InChI=1S/C20H25ClN2O5S/c1-4-27-18-11-7-17(8-12-18)23(29(3,25)26)15(2)20(24)22-13-14-28-19-9-5-16(21)6-10-19/h5-12,15H,4,13-14H2,1-3H3,(H,22,24). The predicted octanol–water partition coefficient (Wildman–Crippen LogP) is 3.09. The van der Waals surface area contributed by atoms with Gasteiger partial charge in [-0.2, -0.15) is 0 Å². The maximum Gasteiger partial charge on any atom is 0.243 e. The molecule has 0 aliphatic heterocycles. The average molecular weight is 441 g/mol. The molecule has 0 spiro atoms. The van der Waals surface area contributed by atoms with E-state index >= 15 is 0 Å². The van der Waals surface area contributed by atoms with Crippen LogP contribution >= 0.6 is 11.6 Å². The Bertz CT molecular complexity index is 901. The molecular formula is C20H25ClN2O5S. The summed E-state index contributed by atoms with van der Waals surface area (Å²) in [5.41, 5.74) is 0.385. The van der Waals surface area contributed by atoms with Crippen LogP contribution in [0, 0.1) is 0 Å². The van der Waals surface area contributed by atoms with Gasteiger partial charge in [-0.1, -0.05) is 11.6 Å². The number of hydrogen-bond acceptors (Lipinski definition) is 5. The van der Waals surface area contributed by atoms with Gasteiger partial charge in [-0.15, -0.1) is 0 Å². The second kappa shape index (κ2) is 10.4. The summed E-state index contributed by atoms with van der Waals surface area (Å²) in [6.07, 6.45) is 1.07. The molecule has 1 N–H and O–H groups in total. The van der Waals surface area contributed by atoms with E-state index in [1.807, 2.05) is 6.92 Å². The molecule has 2 rings (SSSR count). The SMILES string of the molecule is CCOc1ccc(N(C(C)C(=O)NCCOc2ccc(Cl)cc2)S(C)(=O)=O)cc1. The van der Waals surface area contributed by atoms with Crippen molar-refractivity contribution in [2.75, 3.05) is 30.3 Å². The number of hydrogen-bond donors (Lipinski definition) is 1. The van der Waals surface area contributed by atoms with Crippen molar-refractivity contribution in [2.45, 2.75) is 19.9 Å². The molecule has 0 aliphatic rings. The summed E-state index contributed by atoms with van der Waals surface area (Å²) in [6, 6.07) is 12.5. The number of nitrogens with one attached hydrogen (secondary N) is 1. The Morgan fingerprint density at radius 3 is 2.17 bits per heavy atom. The quantitative estimate of drug-likeness (QED) is 0.574. The molecule has 0 bridgehead atoms. The molecule has 7 nitrogen and oxygen atoms in total. The van der Waals surface area contributed by atoms with Gasteiger partial charge in [0.15, 0.2) is 0 Å². The fourth-order valence-corrected chi connectivity index (χ4v) is 3.99. The molecule has 1 amide bonds. The van der Waals surface area contributed by atoms with Crippen molar-refractivity contribution in [3.8, 4) is 11.5 Å². The molecule has 29 heavy (non-hydrogen) atoms. The smallest absolute Gasteiger partial charge is 0.243 e. The zero-order valence-corrected chi connectivity index (χ0v) is 18.2. The number of halogens is 1. The normalized spacial score (nSPS) is 12.1. The maximum absolute atomic E-state index is 12.5. The highest BCUT2D eigenvalue weighted by atomic mass is 35.5. The van der Waals surface area contributed by atoms with E-state index in [0.29, 0.717) is 28.8 Å². The summed E-state index contributed by atoms with van der Waals surface area (Å²) in [7, 11) is -3.68. The van der Waals surface area contributed by atoms with Crippen LogP contribution in [0.3, 0.4) is 0 Å². The maximum atomic E-state index is 12.5. The van der Waals surface area contributed by atoms with Crippen LogP contribution in [0.2, 0.25) is 5.02 Å². The van der Waals surface area contributed by atoms with E-state index in [9.17, 15) is 13.2 Å². The van der Waals surface area contributed by atoms with Crippen LogP contribution in [0.15, 0.2) is 48.5 Å². The van der Waals surface area contributed by atoms with Crippen LogP contribution in [0.1, 0.15) is 13.8 Å². The van der Waals surface area contributed by atoms with Crippen molar-refractivity contribution in [3.63, 3.8) is 0 Å². The van der Waals surface area contributed by atoms with Gasteiger partial charge in [0.05, 0.1) is 25.1 Å². The first-order valence-electron chi connectivity index (χ1n) is 9.10. The lowest BCUT2D eigenvalue weighted by molar-refractivity contribution is -0.121. The van der Waals surface area contributed by atoms with Crippen molar-refractivity contribution in [2.24, 2.45) is 0 Å². The number of sulfonamides is 1. The van der Waals surface area contributed by atoms with E-state index in [-0.39, 0.29) is 13.2 Å². The number of amides is 1. The highest BCUT2D eigenvalue weighted by Crippen LogP contribution is 2.24. The van der Waals surface area contributed by atoms with Gasteiger partial charge in [-0.05, 0) is 62.4 Å². The Balaban J connectivity index is 1.98. The number of carbonyl (C=O) groups excluding carboxylic acids is 1. The Hall–Kier alpha value is -2.45. The Labute approximate surface area is 176 Å². The Kier molecular flexibility index (Phi) is 8.16. The van der Waals surface area contributed by atoms with Gasteiger partial charge in [0.2, 0.25) is 15.9 Å². The van der Waals surface area contributed by atoms with Gasteiger partial charge < -0.3 is 14.8 Å². The number of carbonyl (C=O) groups is 1. The van der Waals surface area contributed by atoms with Crippen LogP contribution in [-0.2, 0) is 14.8 Å². The third kappa shape index (κ3) is 6.83. The average Bonchev–Trinajstić information content (AvgIpc) is 2.67. The second-order valence-electron chi connectivity index (χ2n) is 6.26. The summed E-state index contributed by atoms with van der Waals surface area (Å²) in [4.78, 5) is 12.5. The first-order valence-corrected chi connectivity index (χ1v) is 11.3. The fourth-order valence-electron chi connectivity index (χ4n) is 2.69. The first-order chi connectivity index (χ1) is 13.7. The van der Waals surface area contributed by atoms with E-state index < -0.39 is 22.0 Å². The van der Waals surface area contributed by atoms with Crippen molar-refractivity contribution in [1.82, 2.24) is 5.32 Å². The number of nitrogens with zero attached hydrogens (tertiary/aromatic N) is 1. The molecule has 2 aromatic carbocycles. The van der Waals surface area contributed by atoms with Gasteiger partial charge in [-0.3, -0.25) is 9.10 Å². The fraction of sp³-hybridized carbons (Fsp3) is 0.350. The number of ether oxygens (including phenoxy) is 2. The molecule has 0 saturated heterocycles. The van der Waals surface area contributed by atoms with E-state index in [2.05, 4.69) is 5.32 Å². The van der Waals surface area contributed by atoms with E-state index in [4.69, 9.17) is 21.1 Å². The van der Waals surface area contributed by atoms with Gasteiger partial charge in [-0.25, -0.2) is 8.42 Å². The summed E-state index contributed by atoms with van der Waals surface area (Å²) in [6.45, 7) is 4.37. The van der Waals surface area contributed by atoms with Crippen molar-refractivity contribution >= 4 is 33.2 Å². The number of rotatable bonds is 10. The predicted molar refractivity (Wildman–Crippen MR) is 114 cm³/mol. The molecule has 2 aromatic rings. The van der Waals surface area contributed by atoms with Gasteiger partial charge in [0.25, 0.3) is 0 Å². The van der Waals surface area contributed by atoms with E-state index in [1.54, 1.807) is 48.5 Å². The molecule has 0 fully saturated rings. The summed E-state index contributed by atoms with van der Waals surface area (Å²) in [5, 5.41) is 3.30. The van der Waals surface area contributed by atoms with Gasteiger partial charge in [0, 0.05) is 5.02 Å². The van der Waals surface area contributed by atoms with Gasteiger partial charge in [0.1, 0.15) is 24.1 Å². The summed E-state index contributed by atoms with van der Waals surface area (Å²) < 4.78 is 36.6. The number of anilines is 1. The lowest BCUT2D eigenvalue weighted by Crippen LogP contribution is -2.48. The highest BCUT2D eigenvalue weighted by molar-refractivity contribution is 7.92. The van der Waals surface area contributed by atoms with Gasteiger partial charge >= 0.3 is 0 Å². The molecule has 9 heteroatoms. The minimum Gasteiger partial charge on any atom is -0.494 e. The lowest BCUT2D eigenvalue weighted by Gasteiger charge is -2.28. The zero-order chi connectivity index (χ0) is 21.4. The summed E-state index contributed by atoms with van der Waals surface area (Å²) >= 11 is 5.82. The monoisotopic (exact) mass is 440 g/mol. The molecule has 0 aliphatic carbocycles. The van der Waals surface area contributed by atoms with Crippen LogP contribution in [0.4, 0.5) is 5.69 Å². The topological polar surface area (TPSA) is 84.9 Å². The molecule has 158 valence electrons. The third-order valence-corrected chi connectivity index (χ3v) is 5.47. The molecule has 0 radical (unpaired) electrons. The third-order valence-electron chi connectivity index (χ3n) is 3.97. The number of benzene rings is 2. The van der Waals surface area contributed by atoms with Crippen molar-refractivity contribution in [1.29, 1.82) is 0 Å². The van der Waals surface area contributed by atoms with E-state index in [1.165, 1.54) is 6.92 Å². The van der Waals surface area contributed by atoms with Crippen molar-refractivity contribution in [3.05, 3.63) is 53.6 Å². The summed E-state index contributed by atoms with van der Waals surface area (Å²) in [5.74, 6) is 0.828. The molecule has 1 unspecified atom stereocenters. The largest absolute Gasteiger partial charge is 0.494 e. The molecule has 0 saturated carbocycles. The van der Waals surface area contributed by atoms with E-state index in [0.717, 1.165) is 10.6 Å². The van der Waals surface area contributed by atoms with Crippen LogP contribution in [-0.4, -0.2) is 46.4 Å². The zero-order valence-electron chi connectivity index (χ0n) is 16.6. The second-order valence-corrected chi connectivity index (χ2v) is 8.55. The van der Waals surface area contributed by atoms with Crippen LogP contribution in [0.5, 0.6) is 11.5 Å². The highest BCUT2D eigenvalue weighted by Gasteiger charge is 2.28.